The Morgan fingerprint density at radius 3 is 2.85 bits per heavy atom. The predicted octanol–water partition coefficient (Wildman–Crippen LogP) is 1.97. The summed E-state index contributed by atoms with van der Waals surface area (Å²) >= 11 is 6.22. The van der Waals surface area contributed by atoms with Gasteiger partial charge in [0.1, 0.15) is 0 Å². The lowest BCUT2D eigenvalue weighted by molar-refractivity contribution is -0.137. The maximum atomic E-state index is 13.0. The fraction of sp³-hybridized carbons (Fsp3) is 0.500. The molecule has 0 saturated carbocycles. The summed E-state index contributed by atoms with van der Waals surface area (Å²) in [4.78, 5) is 38.9. The molecule has 0 radical (unpaired) electrons. The number of aliphatic carboxylic acids is 1. The minimum atomic E-state index is -0.967. The van der Waals surface area contributed by atoms with Gasteiger partial charge in [0, 0.05) is 38.3 Å². The minimum Gasteiger partial charge on any atom is -0.481 e. The fourth-order valence-electron chi connectivity index (χ4n) is 3.28. The third-order valence-electron chi connectivity index (χ3n) is 4.67. The van der Waals surface area contributed by atoms with Crippen LogP contribution in [0.5, 0.6) is 0 Å². The van der Waals surface area contributed by atoms with Gasteiger partial charge >= 0.3 is 12.0 Å². The molecule has 0 aromatic heterocycles. The van der Waals surface area contributed by atoms with Crippen molar-refractivity contribution in [2.45, 2.75) is 25.4 Å². The first-order valence-corrected chi connectivity index (χ1v) is 9.31. The Morgan fingerprint density at radius 2 is 2.22 bits per heavy atom. The van der Waals surface area contributed by atoms with Gasteiger partial charge in [-0.1, -0.05) is 11.6 Å². The first-order chi connectivity index (χ1) is 13.0. The number of ether oxygens (including phenoxy) is 1. The van der Waals surface area contributed by atoms with E-state index in [-0.39, 0.29) is 31.0 Å². The highest BCUT2D eigenvalue weighted by Gasteiger charge is 2.27. The maximum absolute atomic E-state index is 13.0. The lowest BCUT2D eigenvalue weighted by atomic mass is 10.1. The zero-order chi connectivity index (χ0) is 19.4. The van der Waals surface area contributed by atoms with Crippen molar-refractivity contribution in [1.29, 1.82) is 0 Å². The molecular formula is C18H22ClN3O5. The van der Waals surface area contributed by atoms with Crippen LogP contribution in [0.4, 0.5) is 10.5 Å². The molecule has 2 aliphatic heterocycles. The van der Waals surface area contributed by atoms with E-state index >= 15 is 0 Å². The van der Waals surface area contributed by atoms with Crippen molar-refractivity contribution in [1.82, 2.24) is 10.2 Å². The van der Waals surface area contributed by atoms with Crippen LogP contribution in [0.15, 0.2) is 18.2 Å². The van der Waals surface area contributed by atoms with Gasteiger partial charge in [-0.25, -0.2) is 4.79 Å². The topological polar surface area (TPSA) is 99.2 Å². The average Bonchev–Trinajstić information content (AvgIpc) is 3.30. The van der Waals surface area contributed by atoms with Crippen LogP contribution in [-0.2, 0) is 9.53 Å². The van der Waals surface area contributed by atoms with Crippen molar-refractivity contribution in [3.05, 3.63) is 28.8 Å². The van der Waals surface area contributed by atoms with Crippen molar-refractivity contribution >= 4 is 35.2 Å². The number of anilines is 1. The number of hydrogen-bond acceptors (Lipinski definition) is 4. The Balaban J connectivity index is 1.81. The van der Waals surface area contributed by atoms with Gasteiger partial charge in [-0.3, -0.25) is 14.5 Å². The van der Waals surface area contributed by atoms with Gasteiger partial charge in [-0.05, 0) is 31.0 Å². The van der Waals surface area contributed by atoms with Crippen molar-refractivity contribution in [3.63, 3.8) is 0 Å². The first-order valence-electron chi connectivity index (χ1n) is 8.93. The van der Waals surface area contributed by atoms with Crippen LogP contribution in [0, 0.1) is 0 Å². The Hall–Kier alpha value is -2.32. The van der Waals surface area contributed by atoms with Gasteiger partial charge in [-0.2, -0.15) is 0 Å². The van der Waals surface area contributed by atoms with Gasteiger partial charge in [0.2, 0.25) is 0 Å². The van der Waals surface area contributed by atoms with E-state index in [2.05, 4.69) is 5.32 Å². The summed E-state index contributed by atoms with van der Waals surface area (Å²) in [7, 11) is 0. The lowest BCUT2D eigenvalue weighted by Crippen LogP contribution is -2.39. The summed E-state index contributed by atoms with van der Waals surface area (Å²) in [6.45, 7) is 2.07. The van der Waals surface area contributed by atoms with Gasteiger partial charge in [0.25, 0.3) is 5.91 Å². The standard InChI is InChI=1S/C18H22ClN3O5/c19-14-4-3-12(10-15(14)22-8-6-20-18(22)26)17(25)21(7-5-16(23)24)11-13-2-1-9-27-13/h3-4,10,13H,1-2,5-9,11H2,(H,20,26)(H,23,24)/t13-/m0/s1. The normalized spacial score (nSPS) is 19.2. The second kappa shape index (κ2) is 8.58. The minimum absolute atomic E-state index is 0.0844. The van der Waals surface area contributed by atoms with E-state index in [4.69, 9.17) is 21.4 Å². The second-order valence-corrected chi connectivity index (χ2v) is 6.99. The van der Waals surface area contributed by atoms with Crippen molar-refractivity contribution in [2.24, 2.45) is 0 Å². The Kier molecular flexibility index (Phi) is 6.18. The fourth-order valence-corrected chi connectivity index (χ4v) is 3.50. The number of nitrogens with zero attached hydrogens (tertiary/aromatic N) is 2. The lowest BCUT2D eigenvalue weighted by Gasteiger charge is -2.26. The molecule has 1 atom stereocenters. The van der Waals surface area contributed by atoms with E-state index in [1.165, 1.54) is 9.80 Å². The van der Waals surface area contributed by atoms with Gasteiger partial charge in [0.15, 0.2) is 0 Å². The third-order valence-corrected chi connectivity index (χ3v) is 4.99. The van der Waals surface area contributed by atoms with E-state index in [9.17, 15) is 14.4 Å². The molecule has 1 aromatic rings. The number of halogens is 1. The van der Waals surface area contributed by atoms with Crippen LogP contribution in [0.25, 0.3) is 0 Å². The van der Waals surface area contributed by atoms with E-state index in [1.54, 1.807) is 18.2 Å². The Morgan fingerprint density at radius 1 is 1.41 bits per heavy atom. The summed E-state index contributed by atoms with van der Waals surface area (Å²) in [5.41, 5.74) is 0.824. The molecule has 8 nitrogen and oxygen atoms in total. The van der Waals surface area contributed by atoms with Crippen molar-refractivity contribution < 1.29 is 24.2 Å². The Bertz CT molecular complexity index is 736. The number of rotatable bonds is 7. The second-order valence-electron chi connectivity index (χ2n) is 6.58. The van der Waals surface area contributed by atoms with Crippen molar-refractivity contribution in [2.75, 3.05) is 37.7 Å². The molecule has 0 bridgehead atoms. The van der Waals surface area contributed by atoms with Crippen LogP contribution in [0.1, 0.15) is 29.6 Å². The monoisotopic (exact) mass is 395 g/mol. The summed E-state index contributed by atoms with van der Waals surface area (Å²) < 4.78 is 5.59. The van der Waals surface area contributed by atoms with Gasteiger partial charge in [-0.15, -0.1) is 0 Å². The summed E-state index contributed by atoms with van der Waals surface area (Å²) in [6.07, 6.45) is 1.55. The number of amides is 3. The number of benzene rings is 1. The van der Waals surface area contributed by atoms with Gasteiger partial charge in [0.05, 0.1) is 23.2 Å². The first kappa shape index (κ1) is 19.4. The molecule has 2 fully saturated rings. The smallest absolute Gasteiger partial charge is 0.322 e. The molecule has 1 aromatic carbocycles. The molecule has 3 rings (SSSR count). The van der Waals surface area contributed by atoms with Crippen LogP contribution in [0.3, 0.4) is 0 Å². The molecule has 146 valence electrons. The SMILES string of the molecule is O=C(O)CCN(C[C@@H]1CCCO1)C(=O)c1ccc(Cl)c(N2CCNC2=O)c1. The summed E-state index contributed by atoms with van der Waals surface area (Å²) in [5, 5.41) is 12.1. The molecule has 0 unspecified atom stereocenters. The highest BCUT2D eigenvalue weighted by molar-refractivity contribution is 6.34. The number of hydrogen-bond donors (Lipinski definition) is 2. The van der Waals surface area contributed by atoms with Crippen LogP contribution in [0.2, 0.25) is 5.02 Å². The zero-order valence-corrected chi connectivity index (χ0v) is 15.6. The van der Waals surface area contributed by atoms with E-state index in [1.807, 2.05) is 0 Å². The van der Waals surface area contributed by atoms with E-state index in [0.717, 1.165) is 12.8 Å². The maximum Gasteiger partial charge on any atom is 0.322 e. The van der Waals surface area contributed by atoms with Gasteiger partial charge < -0.3 is 20.1 Å². The number of nitrogens with one attached hydrogen (secondary N) is 1. The third kappa shape index (κ3) is 4.70. The van der Waals surface area contributed by atoms with Crippen LogP contribution >= 0.6 is 11.6 Å². The number of carbonyl (C=O) groups is 3. The highest BCUT2D eigenvalue weighted by atomic mass is 35.5. The number of carboxylic acids is 1. The Labute approximate surface area is 162 Å². The number of urea groups is 1. The van der Waals surface area contributed by atoms with E-state index < -0.39 is 5.97 Å². The average molecular weight is 396 g/mol. The molecule has 2 heterocycles. The predicted molar refractivity (Wildman–Crippen MR) is 99.3 cm³/mol. The summed E-state index contributed by atoms with van der Waals surface area (Å²) in [5.74, 6) is -1.27. The molecule has 2 saturated heterocycles. The largest absolute Gasteiger partial charge is 0.481 e. The van der Waals surface area contributed by atoms with Crippen molar-refractivity contribution in [3.8, 4) is 0 Å². The van der Waals surface area contributed by atoms with E-state index in [0.29, 0.717) is 42.5 Å². The number of carbonyl (C=O) groups excluding carboxylic acids is 2. The molecule has 3 amide bonds. The molecule has 2 aliphatic rings. The molecule has 0 spiro atoms. The van der Waals surface area contributed by atoms with Crippen LogP contribution < -0.4 is 10.2 Å². The molecular weight excluding hydrogens is 374 g/mol. The molecule has 9 heteroatoms. The van der Waals surface area contributed by atoms with Crippen LogP contribution in [-0.4, -0.2) is 66.8 Å². The molecule has 27 heavy (non-hydrogen) atoms. The highest BCUT2D eigenvalue weighted by Crippen LogP contribution is 2.29. The summed E-state index contributed by atoms with van der Waals surface area (Å²) in [6, 6.07) is 4.49. The zero-order valence-electron chi connectivity index (χ0n) is 14.8. The molecule has 2 N–H and O–H groups in total. The molecule has 0 aliphatic carbocycles. The number of carboxylic acid groups (broad SMARTS) is 1. The quantitative estimate of drug-likeness (QED) is 0.735.